The molecular formula is C23H23F3N2O5. The van der Waals surface area contributed by atoms with Crippen LogP contribution in [0.3, 0.4) is 0 Å². The van der Waals surface area contributed by atoms with Crippen LogP contribution >= 0.6 is 0 Å². The number of carboxylic acid groups (broad SMARTS) is 1. The number of alkyl carbamates (subject to hydrolysis) is 1. The molecule has 0 saturated carbocycles. The predicted molar refractivity (Wildman–Crippen MR) is 112 cm³/mol. The molecule has 0 heterocycles. The molecule has 0 aliphatic heterocycles. The number of rotatable bonds is 8. The van der Waals surface area contributed by atoms with E-state index in [2.05, 4.69) is 5.32 Å². The van der Waals surface area contributed by atoms with Crippen molar-refractivity contribution in [3.63, 3.8) is 0 Å². The molecule has 33 heavy (non-hydrogen) atoms. The molecule has 2 atom stereocenters. The number of carbonyl (C=O) groups excluding carboxylic acids is 2. The van der Waals surface area contributed by atoms with E-state index in [1.54, 1.807) is 0 Å². The highest BCUT2D eigenvalue weighted by Gasteiger charge is 2.45. The number of hydrogen-bond donors (Lipinski definition) is 3. The standard InChI is InChI=1S/C23H23F3N2O5/c1-13(10-20(29)27-11-19(21(30)31)23(24,25)26)28-22(32)33-12-18-16-8-4-2-6-14(16)15-7-3-5-9-17(15)18/h2-9,13,18-19H,10-12H2,1H3,(H,27,29)(H,28,32)(H,30,31)/t13-,19?/m0/s1. The highest BCUT2D eigenvalue weighted by atomic mass is 19.4. The Hall–Kier alpha value is -3.56. The van der Waals surface area contributed by atoms with Gasteiger partial charge in [0.15, 0.2) is 5.92 Å². The number of halogens is 3. The van der Waals surface area contributed by atoms with Gasteiger partial charge in [-0.2, -0.15) is 13.2 Å². The van der Waals surface area contributed by atoms with Crippen molar-refractivity contribution < 1.29 is 37.4 Å². The van der Waals surface area contributed by atoms with Gasteiger partial charge in [0.05, 0.1) is 0 Å². The Morgan fingerprint density at radius 1 is 1.03 bits per heavy atom. The molecule has 0 radical (unpaired) electrons. The smallest absolute Gasteiger partial charge is 0.407 e. The first kappa shape index (κ1) is 24.1. The Morgan fingerprint density at radius 3 is 2.09 bits per heavy atom. The third kappa shape index (κ3) is 5.82. The summed E-state index contributed by atoms with van der Waals surface area (Å²) < 4.78 is 43.3. The first-order chi connectivity index (χ1) is 15.6. The van der Waals surface area contributed by atoms with Crippen LogP contribution in [0.15, 0.2) is 48.5 Å². The van der Waals surface area contributed by atoms with Crippen molar-refractivity contribution in [3.05, 3.63) is 59.7 Å². The lowest BCUT2D eigenvalue weighted by atomic mass is 9.98. The number of nitrogens with one attached hydrogen (secondary N) is 2. The van der Waals surface area contributed by atoms with Crippen LogP contribution in [0, 0.1) is 5.92 Å². The summed E-state index contributed by atoms with van der Waals surface area (Å²) in [6, 6.07) is 14.9. The molecule has 3 rings (SSSR count). The summed E-state index contributed by atoms with van der Waals surface area (Å²) in [5.41, 5.74) is 4.23. The van der Waals surface area contributed by atoms with E-state index < -0.39 is 42.7 Å². The third-order valence-corrected chi connectivity index (χ3v) is 5.40. The molecule has 10 heteroatoms. The largest absolute Gasteiger partial charge is 0.481 e. The van der Waals surface area contributed by atoms with Gasteiger partial charge in [-0.1, -0.05) is 48.5 Å². The van der Waals surface area contributed by atoms with E-state index >= 15 is 0 Å². The molecule has 0 bridgehead atoms. The lowest BCUT2D eigenvalue weighted by molar-refractivity contribution is -0.192. The second-order valence-corrected chi connectivity index (χ2v) is 7.81. The van der Waals surface area contributed by atoms with Crippen molar-refractivity contribution in [3.8, 4) is 11.1 Å². The van der Waals surface area contributed by atoms with Crippen molar-refractivity contribution in [2.45, 2.75) is 31.5 Å². The van der Waals surface area contributed by atoms with Gasteiger partial charge in [0, 0.05) is 24.9 Å². The molecule has 2 amide bonds. The van der Waals surface area contributed by atoms with Gasteiger partial charge in [-0.05, 0) is 29.2 Å². The first-order valence-electron chi connectivity index (χ1n) is 10.3. The van der Waals surface area contributed by atoms with Gasteiger partial charge in [0.25, 0.3) is 0 Å². The molecule has 3 N–H and O–H groups in total. The Morgan fingerprint density at radius 2 is 1.58 bits per heavy atom. The SMILES string of the molecule is C[C@@H](CC(=O)NCC(C(=O)O)C(F)(F)F)NC(=O)OCC1c2ccccc2-c2ccccc21. The van der Waals surface area contributed by atoms with Crippen LogP contribution in [0.1, 0.15) is 30.4 Å². The second-order valence-electron chi connectivity index (χ2n) is 7.81. The van der Waals surface area contributed by atoms with Gasteiger partial charge in [0.1, 0.15) is 6.61 Å². The van der Waals surface area contributed by atoms with Gasteiger partial charge >= 0.3 is 18.2 Å². The maximum Gasteiger partial charge on any atom is 0.407 e. The number of hydrogen-bond acceptors (Lipinski definition) is 4. The molecule has 0 fully saturated rings. The molecular weight excluding hydrogens is 441 g/mol. The zero-order chi connectivity index (χ0) is 24.2. The van der Waals surface area contributed by atoms with Gasteiger partial charge in [-0.3, -0.25) is 9.59 Å². The van der Waals surface area contributed by atoms with Crippen LogP contribution < -0.4 is 10.6 Å². The lowest BCUT2D eigenvalue weighted by Crippen LogP contribution is -2.43. The number of carbonyl (C=O) groups is 3. The van der Waals surface area contributed by atoms with Crippen molar-refractivity contribution in [1.29, 1.82) is 0 Å². The average Bonchev–Trinajstić information content (AvgIpc) is 3.05. The number of fused-ring (bicyclic) bond motifs is 3. The Labute approximate surface area is 187 Å². The minimum atomic E-state index is -4.98. The highest BCUT2D eigenvalue weighted by molar-refractivity contribution is 5.80. The van der Waals surface area contributed by atoms with E-state index in [0.29, 0.717) is 0 Å². The zero-order valence-corrected chi connectivity index (χ0v) is 17.7. The molecule has 176 valence electrons. The van der Waals surface area contributed by atoms with E-state index in [0.717, 1.165) is 22.3 Å². The van der Waals surface area contributed by atoms with Crippen molar-refractivity contribution >= 4 is 18.0 Å². The number of aliphatic carboxylic acids is 1. The summed E-state index contributed by atoms with van der Waals surface area (Å²) >= 11 is 0. The minimum absolute atomic E-state index is 0.0741. The van der Waals surface area contributed by atoms with Crippen LogP contribution in [-0.4, -0.2) is 48.4 Å². The lowest BCUT2D eigenvalue weighted by Gasteiger charge is -2.18. The molecule has 0 spiro atoms. The molecule has 2 aromatic carbocycles. The molecule has 7 nitrogen and oxygen atoms in total. The zero-order valence-electron chi connectivity index (χ0n) is 17.7. The highest BCUT2D eigenvalue weighted by Crippen LogP contribution is 2.44. The van der Waals surface area contributed by atoms with Crippen molar-refractivity contribution in [1.82, 2.24) is 10.6 Å². The molecule has 1 unspecified atom stereocenters. The monoisotopic (exact) mass is 464 g/mol. The number of amides is 2. The summed E-state index contributed by atoms with van der Waals surface area (Å²) in [6.45, 7) is 0.472. The fraction of sp³-hybridized carbons (Fsp3) is 0.348. The summed E-state index contributed by atoms with van der Waals surface area (Å²) in [5.74, 6) is -5.74. The fourth-order valence-electron chi connectivity index (χ4n) is 3.80. The Bertz CT molecular complexity index is 995. The summed E-state index contributed by atoms with van der Waals surface area (Å²) in [7, 11) is 0. The van der Waals surface area contributed by atoms with E-state index in [9.17, 15) is 27.6 Å². The third-order valence-electron chi connectivity index (χ3n) is 5.40. The summed E-state index contributed by atoms with van der Waals surface area (Å²) in [6.07, 6.45) is -6.09. The minimum Gasteiger partial charge on any atom is -0.481 e. The van der Waals surface area contributed by atoms with E-state index in [4.69, 9.17) is 9.84 Å². The van der Waals surface area contributed by atoms with Crippen LogP contribution in [0.4, 0.5) is 18.0 Å². The predicted octanol–water partition coefficient (Wildman–Crippen LogP) is 3.68. The fourth-order valence-corrected chi connectivity index (χ4v) is 3.80. The Balaban J connectivity index is 1.49. The van der Waals surface area contributed by atoms with Crippen LogP contribution in [0.5, 0.6) is 0 Å². The topological polar surface area (TPSA) is 105 Å². The van der Waals surface area contributed by atoms with Crippen LogP contribution in [0.25, 0.3) is 11.1 Å². The molecule has 1 aliphatic carbocycles. The second kappa shape index (κ2) is 9.93. The quantitative estimate of drug-likeness (QED) is 0.553. The number of carboxylic acids is 1. The summed E-state index contributed by atoms with van der Waals surface area (Å²) in [5, 5.41) is 13.1. The molecule has 0 saturated heterocycles. The number of benzene rings is 2. The molecule has 2 aromatic rings. The normalized spacial score (nSPS) is 14.5. The van der Waals surface area contributed by atoms with Crippen molar-refractivity contribution in [2.75, 3.05) is 13.2 Å². The van der Waals surface area contributed by atoms with Gasteiger partial charge in [-0.25, -0.2) is 4.79 Å². The van der Waals surface area contributed by atoms with Gasteiger partial charge in [-0.15, -0.1) is 0 Å². The Kier molecular flexibility index (Phi) is 7.25. The van der Waals surface area contributed by atoms with Crippen molar-refractivity contribution in [2.24, 2.45) is 5.92 Å². The maximum absolute atomic E-state index is 12.6. The average molecular weight is 464 g/mol. The van der Waals surface area contributed by atoms with Gasteiger partial charge in [0.2, 0.25) is 5.91 Å². The van der Waals surface area contributed by atoms with E-state index in [1.165, 1.54) is 6.92 Å². The number of alkyl halides is 3. The molecule has 1 aliphatic rings. The maximum atomic E-state index is 12.6. The van der Waals surface area contributed by atoms with Crippen LogP contribution in [-0.2, 0) is 14.3 Å². The van der Waals surface area contributed by atoms with E-state index in [1.807, 2.05) is 53.8 Å². The van der Waals surface area contributed by atoms with E-state index in [-0.39, 0.29) is 18.9 Å². The van der Waals surface area contributed by atoms with Gasteiger partial charge < -0.3 is 20.5 Å². The number of ether oxygens (including phenoxy) is 1. The first-order valence-corrected chi connectivity index (χ1v) is 10.3. The van der Waals surface area contributed by atoms with Crippen LogP contribution in [0.2, 0.25) is 0 Å². The summed E-state index contributed by atoms with van der Waals surface area (Å²) in [4.78, 5) is 34.8. The molecule has 0 aromatic heterocycles.